The highest BCUT2D eigenvalue weighted by molar-refractivity contribution is 5.95. The molecule has 2 aromatic carbocycles. The molecule has 2 heterocycles. The molecule has 4 aromatic rings. The third-order valence-electron chi connectivity index (χ3n) is 4.92. The maximum Gasteiger partial charge on any atom is 0.163 e. The van der Waals surface area contributed by atoms with Crippen LogP contribution in [0.25, 0.3) is 10.9 Å². The minimum atomic E-state index is 0.568. The molecule has 0 unspecified atom stereocenters. The number of nitrogens with one attached hydrogen (secondary N) is 1. The predicted molar refractivity (Wildman–Crippen MR) is 118 cm³/mol. The summed E-state index contributed by atoms with van der Waals surface area (Å²) >= 11 is 0. The molecule has 0 aliphatic rings. The normalized spacial score (nSPS) is 10.9. The van der Waals surface area contributed by atoms with Gasteiger partial charge in [-0.25, -0.2) is 9.67 Å². The molecular formula is C23H25N5O2. The van der Waals surface area contributed by atoms with Crippen LogP contribution in [0, 0.1) is 6.92 Å². The van der Waals surface area contributed by atoms with Gasteiger partial charge in [0.25, 0.3) is 0 Å². The van der Waals surface area contributed by atoms with Crippen molar-refractivity contribution in [1.29, 1.82) is 0 Å². The van der Waals surface area contributed by atoms with E-state index in [0.717, 1.165) is 33.6 Å². The van der Waals surface area contributed by atoms with Gasteiger partial charge < -0.3 is 14.8 Å². The quantitative estimate of drug-likeness (QED) is 0.459. The van der Waals surface area contributed by atoms with Gasteiger partial charge in [-0.15, -0.1) is 0 Å². The molecule has 0 fully saturated rings. The molecule has 0 saturated carbocycles. The molecule has 0 saturated heterocycles. The number of hydrogen-bond acceptors (Lipinski definition) is 6. The maximum absolute atomic E-state index is 5.81. The standard InChI is InChI=1S/C23H25N5O2/c1-4-29-22-11-18-20(9-10-25-21(18)12-23(22)30-5-2)27-19-8-6-7-17(16(19)3)13-28-15-24-14-26-28/h6-12,14-15H,4-5,13H2,1-3H3,(H,25,27). The van der Waals surface area contributed by atoms with Crippen molar-refractivity contribution in [3.05, 3.63) is 66.4 Å². The van der Waals surface area contributed by atoms with Crippen molar-refractivity contribution < 1.29 is 9.47 Å². The molecule has 0 bridgehead atoms. The number of rotatable bonds is 8. The fourth-order valence-corrected chi connectivity index (χ4v) is 3.42. The third kappa shape index (κ3) is 4.05. The summed E-state index contributed by atoms with van der Waals surface area (Å²) in [6, 6.07) is 12.1. The first kappa shape index (κ1) is 19.7. The Labute approximate surface area is 175 Å². The molecule has 0 radical (unpaired) electrons. The fourth-order valence-electron chi connectivity index (χ4n) is 3.42. The fraction of sp³-hybridized carbons (Fsp3) is 0.261. The van der Waals surface area contributed by atoms with E-state index in [-0.39, 0.29) is 0 Å². The second-order valence-corrected chi connectivity index (χ2v) is 6.85. The molecule has 30 heavy (non-hydrogen) atoms. The minimum Gasteiger partial charge on any atom is -0.490 e. The molecule has 0 spiro atoms. The minimum absolute atomic E-state index is 0.568. The topological polar surface area (TPSA) is 74.1 Å². The zero-order valence-corrected chi connectivity index (χ0v) is 17.4. The number of pyridine rings is 1. The smallest absolute Gasteiger partial charge is 0.163 e. The predicted octanol–water partition coefficient (Wildman–Crippen LogP) is 4.72. The first-order valence-corrected chi connectivity index (χ1v) is 10.1. The van der Waals surface area contributed by atoms with Gasteiger partial charge in [0.2, 0.25) is 0 Å². The van der Waals surface area contributed by atoms with Crippen LogP contribution in [0.3, 0.4) is 0 Å². The molecule has 7 heteroatoms. The molecule has 154 valence electrons. The molecule has 4 rings (SSSR count). The summed E-state index contributed by atoms with van der Waals surface area (Å²) in [5, 5.41) is 8.76. The van der Waals surface area contributed by atoms with E-state index in [1.54, 1.807) is 18.9 Å². The lowest BCUT2D eigenvalue weighted by molar-refractivity contribution is 0.288. The van der Waals surface area contributed by atoms with Crippen molar-refractivity contribution in [2.24, 2.45) is 0 Å². The maximum atomic E-state index is 5.81. The summed E-state index contributed by atoms with van der Waals surface area (Å²) in [4.78, 5) is 8.55. The number of benzene rings is 2. The van der Waals surface area contributed by atoms with Crippen molar-refractivity contribution >= 4 is 22.3 Å². The van der Waals surface area contributed by atoms with E-state index >= 15 is 0 Å². The molecule has 0 aliphatic carbocycles. The zero-order valence-electron chi connectivity index (χ0n) is 17.4. The van der Waals surface area contributed by atoms with Crippen LogP contribution < -0.4 is 14.8 Å². The second kappa shape index (κ2) is 8.82. The summed E-state index contributed by atoms with van der Waals surface area (Å²) in [5.74, 6) is 1.43. The number of anilines is 2. The van der Waals surface area contributed by atoms with E-state index in [1.807, 2.05) is 42.8 Å². The van der Waals surface area contributed by atoms with Crippen molar-refractivity contribution in [3.63, 3.8) is 0 Å². The van der Waals surface area contributed by atoms with Crippen molar-refractivity contribution in [1.82, 2.24) is 19.7 Å². The van der Waals surface area contributed by atoms with Crippen LogP contribution in [-0.2, 0) is 6.54 Å². The van der Waals surface area contributed by atoms with Crippen LogP contribution in [-0.4, -0.2) is 33.0 Å². The first-order valence-electron chi connectivity index (χ1n) is 10.1. The molecular weight excluding hydrogens is 378 g/mol. The van der Waals surface area contributed by atoms with Crippen molar-refractivity contribution in [3.8, 4) is 11.5 Å². The Morgan fingerprint density at radius 2 is 1.80 bits per heavy atom. The summed E-state index contributed by atoms with van der Waals surface area (Å²) in [5.41, 5.74) is 5.19. The van der Waals surface area contributed by atoms with Crippen LogP contribution >= 0.6 is 0 Å². The van der Waals surface area contributed by atoms with E-state index in [9.17, 15) is 0 Å². The second-order valence-electron chi connectivity index (χ2n) is 6.85. The van der Waals surface area contributed by atoms with E-state index in [4.69, 9.17) is 9.47 Å². The Hall–Kier alpha value is -3.61. The van der Waals surface area contributed by atoms with Gasteiger partial charge in [0, 0.05) is 29.0 Å². The van der Waals surface area contributed by atoms with E-state index in [1.165, 1.54) is 5.56 Å². The highest BCUT2D eigenvalue weighted by Gasteiger charge is 2.12. The van der Waals surface area contributed by atoms with Gasteiger partial charge in [0.15, 0.2) is 11.5 Å². The number of fused-ring (bicyclic) bond motifs is 1. The Morgan fingerprint density at radius 1 is 1.00 bits per heavy atom. The molecule has 1 N–H and O–H groups in total. The van der Waals surface area contributed by atoms with E-state index < -0.39 is 0 Å². The highest BCUT2D eigenvalue weighted by atomic mass is 16.5. The lowest BCUT2D eigenvalue weighted by atomic mass is 10.1. The van der Waals surface area contributed by atoms with Gasteiger partial charge in [0.1, 0.15) is 12.7 Å². The van der Waals surface area contributed by atoms with Crippen LogP contribution in [0.2, 0.25) is 0 Å². The Bertz CT molecular complexity index is 1140. The summed E-state index contributed by atoms with van der Waals surface area (Å²) < 4.78 is 13.4. The van der Waals surface area contributed by atoms with Gasteiger partial charge in [-0.3, -0.25) is 4.98 Å². The van der Waals surface area contributed by atoms with Gasteiger partial charge in [-0.1, -0.05) is 12.1 Å². The Balaban J connectivity index is 1.71. The highest BCUT2D eigenvalue weighted by Crippen LogP contribution is 2.36. The van der Waals surface area contributed by atoms with Gasteiger partial charge >= 0.3 is 0 Å². The van der Waals surface area contributed by atoms with Gasteiger partial charge in [0.05, 0.1) is 25.3 Å². The molecule has 0 atom stereocenters. The monoisotopic (exact) mass is 403 g/mol. The SMILES string of the molecule is CCOc1cc2nccc(Nc3cccc(Cn4cncn4)c3C)c2cc1OCC. The zero-order chi connectivity index (χ0) is 20.9. The van der Waals surface area contributed by atoms with E-state index in [0.29, 0.717) is 25.5 Å². The lowest BCUT2D eigenvalue weighted by Gasteiger charge is -2.16. The molecule has 0 aliphatic heterocycles. The Morgan fingerprint density at radius 3 is 2.53 bits per heavy atom. The third-order valence-corrected chi connectivity index (χ3v) is 4.92. The first-order chi connectivity index (χ1) is 14.7. The number of hydrogen-bond donors (Lipinski definition) is 1. The van der Waals surface area contributed by atoms with Crippen molar-refractivity contribution in [2.75, 3.05) is 18.5 Å². The molecule has 7 nitrogen and oxygen atoms in total. The summed E-state index contributed by atoms with van der Waals surface area (Å²) in [6.07, 6.45) is 5.07. The van der Waals surface area contributed by atoms with E-state index in [2.05, 4.69) is 39.4 Å². The van der Waals surface area contributed by atoms with Gasteiger partial charge in [-0.05, 0) is 50.1 Å². The average molecular weight is 403 g/mol. The summed E-state index contributed by atoms with van der Waals surface area (Å²) in [7, 11) is 0. The number of nitrogens with zero attached hydrogens (tertiary/aromatic N) is 4. The Kier molecular flexibility index (Phi) is 5.79. The molecule has 2 aromatic heterocycles. The number of ether oxygens (including phenoxy) is 2. The van der Waals surface area contributed by atoms with Crippen LogP contribution in [0.4, 0.5) is 11.4 Å². The lowest BCUT2D eigenvalue weighted by Crippen LogP contribution is -2.04. The van der Waals surface area contributed by atoms with Crippen LogP contribution in [0.1, 0.15) is 25.0 Å². The molecule has 0 amide bonds. The average Bonchev–Trinajstić information content (AvgIpc) is 3.25. The van der Waals surface area contributed by atoms with Crippen LogP contribution in [0.5, 0.6) is 11.5 Å². The number of aromatic nitrogens is 4. The van der Waals surface area contributed by atoms with Crippen LogP contribution in [0.15, 0.2) is 55.2 Å². The van der Waals surface area contributed by atoms with Crippen molar-refractivity contribution in [2.45, 2.75) is 27.3 Å². The summed E-state index contributed by atoms with van der Waals surface area (Å²) in [6.45, 7) is 7.84. The van der Waals surface area contributed by atoms with Gasteiger partial charge in [-0.2, -0.15) is 5.10 Å². The largest absolute Gasteiger partial charge is 0.490 e.